The molecule has 0 fully saturated rings. The molecule has 2 aromatic heterocycles. The van der Waals surface area contributed by atoms with Gasteiger partial charge in [0.25, 0.3) is 0 Å². The molecule has 0 aliphatic rings. The van der Waals surface area contributed by atoms with Crippen molar-refractivity contribution in [3.8, 4) is 5.69 Å². The fourth-order valence-electron chi connectivity index (χ4n) is 2.05. The molecule has 3 aromatic rings. The number of benzene rings is 1. The Labute approximate surface area is 127 Å². The van der Waals surface area contributed by atoms with E-state index < -0.39 is 0 Å². The van der Waals surface area contributed by atoms with Crippen LogP contribution in [0, 0.1) is 5.82 Å². The van der Waals surface area contributed by atoms with Crippen molar-refractivity contribution in [2.24, 2.45) is 0 Å². The normalized spacial score (nSPS) is 11.3. The number of hydrogen-bond donors (Lipinski definition) is 0. The summed E-state index contributed by atoms with van der Waals surface area (Å²) in [5, 5.41) is 4.00. The molecule has 0 aliphatic heterocycles. The lowest BCUT2D eigenvalue weighted by atomic mass is 10.3. The first-order valence-electron chi connectivity index (χ1n) is 5.65. The second kappa shape index (κ2) is 5.23. The van der Waals surface area contributed by atoms with E-state index in [1.807, 2.05) is 21.4 Å². The standard InChI is InChI=1S/C13H9BrClFN2S/c14-9-5-11-12(6-10(9)16)18(8-2-4-19-7-8)13(17-11)1-3-15/h2,4-7H,1,3H2. The van der Waals surface area contributed by atoms with E-state index in [1.54, 1.807) is 17.4 Å². The molecule has 0 unspecified atom stereocenters. The molecule has 0 radical (unpaired) electrons. The summed E-state index contributed by atoms with van der Waals surface area (Å²) in [7, 11) is 0. The van der Waals surface area contributed by atoms with Crippen molar-refractivity contribution >= 4 is 49.9 Å². The van der Waals surface area contributed by atoms with E-state index in [0.717, 1.165) is 22.5 Å². The van der Waals surface area contributed by atoms with E-state index in [4.69, 9.17) is 11.6 Å². The number of aromatic nitrogens is 2. The highest BCUT2D eigenvalue weighted by atomic mass is 79.9. The third kappa shape index (κ3) is 2.30. The molecule has 3 rings (SSSR count). The predicted molar refractivity (Wildman–Crippen MR) is 81.0 cm³/mol. The molecule has 0 spiro atoms. The van der Waals surface area contributed by atoms with Crippen molar-refractivity contribution in [3.63, 3.8) is 0 Å². The maximum atomic E-state index is 13.8. The van der Waals surface area contributed by atoms with Crippen LogP contribution in [-0.4, -0.2) is 15.4 Å². The summed E-state index contributed by atoms with van der Waals surface area (Å²) in [4.78, 5) is 4.55. The quantitative estimate of drug-likeness (QED) is 0.616. The molecule has 98 valence electrons. The Morgan fingerprint density at radius 1 is 1.42 bits per heavy atom. The van der Waals surface area contributed by atoms with Gasteiger partial charge in [0.05, 0.1) is 21.2 Å². The number of halogens is 3. The number of imidazole rings is 1. The molecule has 19 heavy (non-hydrogen) atoms. The number of alkyl halides is 1. The fourth-order valence-corrected chi connectivity index (χ4v) is 3.17. The zero-order valence-corrected chi connectivity index (χ0v) is 12.9. The monoisotopic (exact) mass is 358 g/mol. The van der Waals surface area contributed by atoms with Crippen LogP contribution in [0.1, 0.15) is 5.82 Å². The molecule has 0 amide bonds. The largest absolute Gasteiger partial charge is 0.295 e. The van der Waals surface area contributed by atoms with Crippen LogP contribution in [0.5, 0.6) is 0 Å². The SMILES string of the molecule is Fc1cc2c(cc1Br)nc(CCCl)n2-c1ccsc1. The van der Waals surface area contributed by atoms with Gasteiger partial charge in [0, 0.05) is 23.7 Å². The number of hydrogen-bond acceptors (Lipinski definition) is 2. The molecule has 0 atom stereocenters. The van der Waals surface area contributed by atoms with Crippen LogP contribution < -0.4 is 0 Å². The predicted octanol–water partition coefficient (Wildman–Crippen LogP) is 4.77. The van der Waals surface area contributed by atoms with Gasteiger partial charge in [0.1, 0.15) is 11.6 Å². The van der Waals surface area contributed by atoms with Gasteiger partial charge in [-0.05, 0) is 33.4 Å². The van der Waals surface area contributed by atoms with Crippen LogP contribution in [0.15, 0.2) is 33.4 Å². The molecule has 0 saturated carbocycles. The average molecular weight is 360 g/mol. The Balaban J connectivity index is 2.32. The summed E-state index contributed by atoms with van der Waals surface area (Å²) < 4.78 is 16.1. The van der Waals surface area contributed by atoms with Crippen molar-refractivity contribution in [1.29, 1.82) is 0 Å². The number of rotatable bonds is 3. The summed E-state index contributed by atoms with van der Waals surface area (Å²) in [5.41, 5.74) is 2.52. The number of thiophene rings is 1. The van der Waals surface area contributed by atoms with Gasteiger partial charge in [-0.3, -0.25) is 4.57 Å². The highest BCUT2D eigenvalue weighted by Gasteiger charge is 2.14. The molecule has 2 heterocycles. The van der Waals surface area contributed by atoms with Gasteiger partial charge in [-0.1, -0.05) is 0 Å². The van der Waals surface area contributed by atoms with Crippen molar-refractivity contribution in [2.75, 3.05) is 5.88 Å². The lowest BCUT2D eigenvalue weighted by Crippen LogP contribution is -2.01. The average Bonchev–Trinajstić information content (AvgIpc) is 2.98. The molecule has 0 saturated heterocycles. The highest BCUT2D eigenvalue weighted by Crippen LogP contribution is 2.28. The molecular formula is C13H9BrClFN2S. The minimum Gasteiger partial charge on any atom is -0.295 e. The van der Waals surface area contributed by atoms with Crippen LogP contribution >= 0.6 is 38.9 Å². The number of nitrogens with zero attached hydrogens (tertiary/aromatic N) is 2. The molecule has 6 heteroatoms. The van der Waals surface area contributed by atoms with E-state index in [9.17, 15) is 4.39 Å². The van der Waals surface area contributed by atoms with Gasteiger partial charge in [-0.15, -0.1) is 11.6 Å². The van der Waals surface area contributed by atoms with E-state index in [-0.39, 0.29) is 5.82 Å². The maximum Gasteiger partial charge on any atom is 0.139 e. The van der Waals surface area contributed by atoms with Crippen LogP contribution in [-0.2, 0) is 6.42 Å². The van der Waals surface area contributed by atoms with Crippen molar-refractivity contribution in [3.05, 3.63) is 45.1 Å². The third-order valence-electron chi connectivity index (χ3n) is 2.85. The summed E-state index contributed by atoms with van der Waals surface area (Å²) in [5.74, 6) is 1.04. The molecule has 1 aromatic carbocycles. The summed E-state index contributed by atoms with van der Waals surface area (Å²) >= 11 is 10.6. The van der Waals surface area contributed by atoms with Gasteiger partial charge >= 0.3 is 0 Å². The van der Waals surface area contributed by atoms with Crippen LogP contribution in [0.4, 0.5) is 4.39 Å². The maximum absolute atomic E-state index is 13.8. The Morgan fingerprint density at radius 2 is 2.26 bits per heavy atom. The Kier molecular flexibility index (Phi) is 3.60. The number of fused-ring (bicyclic) bond motifs is 1. The first-order chi connectivity index (χ1) is 9.20. The smallest absolute Gasteiger partial charge is 0.139 e. The van der Waals surface area contributed by atoms with Crippen molar-refractivity contribution in [2.45, 2.75) is 6.42 Å². The molecule has 0 bridgehead atoms. The van der Waals surface area contributed by atoms with Gasteiger partial charge in [0.15, 0.2) is 0 Å². The molecule has 0 N–H and O–H groups in total. The molecule has 2 nitrogen and oxygen atoms in total. The first-order valence-corrected chi connectivity index (χ1v) is 7.92. The third-order valence-corrected chi connectivity index (χ3v) is 4.32. The van der Waals surface area contributed by atoms with E-state index in [2.05, 4.69) is 20.9 Å². The van der Waals surface area contributed by atoms with Gasteiger partial charge in [-0.25, -0.2) is 9.37 Å². The van der Waals surface area contributed by atoms with Gasteiger partial charge < -0.3 is 0 Å². The molecule has 0 aliphatic carbocycles. The zero-order chi connectivity index (χ0) is 13.4. The van der Waals surface area contributed by atoms with E-state index in [0.29, 0.717) is 16.8 Å². The van der Waals surface area contributed by atoms with Crippen LogP contribution in [0.2, 0.25) is 0 Å². The topological polar surface area (TPSA) is 17.8 Å². The lowest BCUT2D eigenvalue weighted by molar-refractivity contribution is 0.622. The Morgan fingerprint density at radius 3 is 2.95 bits per heavy atom. The summed E-state index contributed by atoms with van der Waals surface area (Å²) in [6, 6.07) is 5.19. The highest BCUT2D eigenvalue weighted by molar-refractivity contribution is 9.10. The van der Waals surface area contributed by atoms with Gasteiger partial charge in [0.2, 0.25) is 0 Å². The van der Waals surface area contributed by atoms with Crippen molar-refractivity contribution < 1.29 is 4.39 Å². The molecular weight excluding hydrogens is 351 g/mol. The van der Waals surface area contributed by atoms with Crippen LogP contribution in [0.3, 0.4) is 0 Å². The summed E-state index contributed by atoms with van der Waals surface area (Å²) in [6.07, 6.45) is 0.644. The minimum absolute atomic E-state index is 0.290. The zero-order valence-electron chi connectivity index (χ0n) is 9.74. The Bertz CT molecular complexity index is 724. The van der Waals surface area contributed by atoms with E-state index in [1.165, 1.54) is 6.07 Å². The summed E-state index contributed by atoms with van der Waals surface area (Å²) in [6.45, 7) is 0. The van der Waals surface area contributed by atoms with E-state index >= 15 is 0 Å². The van der Waals surface area contributed by atoms with Crippen molar-refractivity contribution in [1.82, 2.24) is 9.55 Å². The Hall–Kier alpha value is -0.910. The lowest BCUT2D eigenvalue weighted by Gasteiger charge is -2.06. The van der Waals surface area contributed by atoms with Crippen LogP contribution in [0.25, 0.3) is 16.7 Å². The minimum atomic E-state index is -0.290. The first kappa shape index (κ1) is 13.1. The second-order valence-electron chi connectivity index (χ2n) is 4.04. The van der Waals surface area contributed by atoms with Gasteiger partial charge in [-0.2, -0.15) is 11.3 Å². The number of aryl methyl sites for hydroxylation is 1. The fraction of sp³-hybridized carbons (Fsp3) is 0.154. The second-order valence-corrected chi connectivity index (χ2v) is 6.05.